The first-order valence-electron chi connectivity index (χ1n) is 8.32. The molecule has 0 saturated carbocycles. The third-order valence-electron chi connectivity index (χ3n) is 3.55. The molecule has 0 radical (unpaired) electrons. The van der Waals surface area contributed by atoms with Crippen molar-refractivity contribution in [2.45, 2.75) is 19.9 Å². The van der Waals surface area contributed by atoms with Crippen molar-refractivity contribution >= 4 is 28.8 Å². The number of aromatic nitrogens is 3. The van der Waals surface area contributed by atoms with Crippen LogP contribution in [0.2, 0.25) is 0 Å². The van der Waals surface area contributed by atoms with Crippen LogP contribution in [0.5, 0.6) is 5.75 Å². The second-order valence-corrected chi connectivity index (χ2v) is 6.55. The Labute approximate surface area is 160 Å². The molecule has 140 valence electrons. The second-order valence-electron chi connectivity index (χ2n) is 5.69. The highest BCUT2D eigenvalue weighted by Crippen LogP contribution is 2.32. The number of nitrogens with one attached hydrogen (secondary N) is 1. The van der Waals surface area contributed by atoms with Crippen LogP contribution < -0.4 is 15.8 Å². The number of carbonyl (C=O) groups is 2. The van der Waals surface area contributed by atoms with Gasteiger partial charge in [-0.25, -0.2) is 4.98 Å². The minimum absolute atomic E-state index is 0.0371. The van der Waals surface area contributed by atoms with Gasteiger partial charge in [0.1, 0.15) is 17.3 Å². The van der Waals surface area contributed by atoms with E-state index in [1.54, 1.807) is 6.20 Å². The Morgan fingerprint density at radius 1 is 1.33 bits per heavy atom. The lowest BCUT2D eigenvalue weighted by atomic mass is 10.2. The predicted octanol–water partition coefficient (Wildman–Crippen LogP) is 2.07. The first kappa shape index (κ1) is 18.6. The number of para-hydroxylation sites is 1. The molecule has 27 heavy (non-hydrogen) atoms. The smallest absolute Gasteiger partial charge is 0.239 e. The van der Waals surface area contributed by atoms with Crippen molar-refractivity contribution in [2.75, 3.05) is 11.9 Å². The van der Waals surface area contributed by atoms with Gasteiger partial charge in [0.25, 0.3) is 0 Å². The van der Waals surface area contributed by atoms with E-state index in [9.17, 15) is 9.59 Å². The highest BCUT2D eigenvalue weighted by molar-refractivity contribution is 7.13. The Morgan fingerprint density at radius 2 is 2.15 bits per heavy atom. The molecule has 2 amide bonds. The van der Waals surface area contributed by atoms with E-state index < -0.39 is 5.91 Å². The number of ether oxygens (including phenoxy) is 1. The molecule has 0 atom stereocenters. The van der Waals surface area contributed by atoms with Crippen molar-refractivity contribution in [1.29, 1.82) is 0 Å². The number of anilines is 1. The lowest BCUT2D eigenvalue weighted by Gasteiger charge is -2.07. The molecule has 0 aliphatic carbocycles. The molecule has 3 aromatic rings. The molecular weight excluding hydrogens is 366 g/mol. The quantitative estimate of drug-likeness (QED) is 0.616. The average Bonchev–Trinajstić information content (AvgIpc) is 3.25. The van der Waals surface area contributed by atoms with Gasteiger partial charge in [0.15, 0.2) is 0 Å². The highest BCUT2D eigenvalue weighted by atomic mass is 32.1. The van der Waals surface area contributed by atoms with Gasteiger partial charge in [-0.05, 0) is 19.1 Å². The minimum atomic E-state index is -0.502. The monoisotopic (exact) mass is 385 g/mol. The summed E-state index contributed by atoms with van der Waals surface area (Å²) in [5.41, 5.74) is 7.19. The summed E-state index contributed by atoms with van der Waals surface area (Å²) in [5, 5.41) is 9.35. The van der Waals surface area contributed by atoms with E-state index in [2.05, 4.69) is 15.4 Å². The van der Waals surface area contributed by atoms with Crippen LogP contribution in [0, 0.1) is 0 Å². The zero-order valence-corrected chi connectivity index (χ0v) is 15.5. The van der Waals surface area contributed by atoms with Crippen molar-refractivity contribution in [3.8, 4) is 16.3 Å². The zero-order valence-electron chi connectivity index (χ0n) is 14.7. The lowest BCUT2D eigenvalue weighted by Crippen LogP contribution is -2.19. The largest absolute Gasteiger partial charge is 0.493 e. The summed E-state index contributed by atoms with van der Waals surface area (Å²) < 4.78 is 7.00. The molecule has 3 rings (SSSR count). The fraction of sp³-hybridized carbons (Fsp3) is 0.222. The number of hydrogen-bond donors (Lipinski definition) is 2. The van der Waals surface area contributed by atoms with Crippen LogP contribution in [-0.2, 0) is 22.6 Å². The fourth-order valence-electron chi connectivity index (χ4n) is 2.48. The van der Waals surface area contributed by atoms with Gasteiger partial charge in [-0.15, -0.1) is 11.3 Å². The number of hydrogen-bond acceptors (Lipinski definition) is 6. The van der Waals surface area contributed by atoms with Crippen molar-refractivity contribution < 1.29 is 14.3 Å². The summed E-state index contributed by atoms with van der Waals surface area (Å²) in [4.78, 5) is 27.7. The molecule has 1 aromatic carbocycles. The molecule has 0 saturated heterocycles. The van der Waals surface area contributed by atoms with E-state index in [1.165, 1.54) is 22.2 Å². The van der Waals surface area contributed by atoms with Gasteiger partial charge in [0.2, 0.25) is 11.8 Å². The molecule has 0 aliphatic rings. The summed E-state index contributed by atoms with van der Waals surface area (Å²) in [6.07, 6.45) is 3.15. The Bertz CT molecular complexity index is 950. The van der Waals surface area contributed by atoms with Crippen LogP contribution >= 0.6 is 11.3 Å². The predicted molar refractivity (Wildman–Crippen MR) is 102 cm³/mol. The van der Waals surface area contributed by atoms with Crippen LogP contribution in [0.4, 0.5) is 5.69 Å². The van der Waals surface area contributed by atoms with Gasteiger partial charge >= 0.3 is 0 Å². The van der Waals surface area contributed by atoms with Crippen LogP contribution in [0.3, 0.4) is 0 Å². The van der Waals surface area contributed by atoms with Gasteiger partial charge in [-0.3, -0.25) is 14.3 Å². The molecule has 9 heteroatoms. The topological polar surface area (TPSA) is 112 Å². The molecule has 0 bridgehead atoms. The number of carbonyl (C=O) groups excluding carboxylic acids is 2. The number of primary amides is 1. The van der Waals surface area contributed by atoms with Gasteiger partial charge in [-0.1, -0.05) is 12.1 Å². The molecule has 2 heterocycles. The number of benzene rings is 1. The summed E-state index contributed by atoms with van der Waals surface area (Å²) in [7, 11) is 0. The molecule has 0 spiro atoms. The second kappa shape index (κ2) is 8.45. The molecular formula is C18H19N5O3S. The van der Waals surface area contributed by atoms with Crippen molar-refractivity contribution in [1.82, 2.24) is 14.8 Å². The third-order valence-corrected chi connectivity index (χ3v) is 4.47. The SMILES string of the molecule is CCOc1ccccc1-c1nc(CC(=O)Nc2cnn(CC(N)=O)c2)cs1. The first-order valence-corrected chi connectivity index (χ1v) is 9.20. The highest BCUT2D eigenvalue weighted by Gasteiger charge is 2.13. The Morgan fingerprint density at radius 3 is 2.93 bits per heavy atom. The van der Waals surface area contributed by atoms with E-state index in [1.807, 2.05) is 36.6 Å². The zero-order chi connectivity index (χ0) is 19.2. The molecule has 8 nitrogen and oxygen atoms in total. The number of nitrogens with zero attached hydrogens (tertiary/aromatic N) is 3. The maximum Gasteiger partial charge on any atom is 0.239 e. The van der Waals surface area contributed by atoms with E-state index in [0.29, 0.717) is 18.0 Å². The minimum Gasteiger partial charge on any atom is -0.493 e. The summed E-state index contributed by atoms with van der Waals surface area (Å²) in [5.74, 6) is 0.0501. The van der Waals surface area contributed by atoms with Crippen molar-refractivity contribution in [2.24, 2.45) is 5.73 Å². The van der Waals surface area contributed by atoms with Crippen LogP contribution in [0.15, 0.2) is 42.0 Å². The molecule has 0 fully saturated rings. The lowest BCUT2D eigenvalue weighted by molar-refractivity contribution is -0.118. The summed E-state index contributed by atoms with van der Waals surface area (Å²) >= 11 is 1.46. The number of thiazole rings is 1. The van der Waals surface area contributed by atoms with Crippen LogP contribution in [-0.4, -0.2) is 33.2 Å². The van der Waals surface area contributed by atoms with Crippen LogP contribution in [0.25, 0.3) is 10.6 Å². The van der Waals surface area contributed by atoms with Gasteiger partial charge < -0.3 is 15.8 Å². The normalized spacial score (nSPS) is 10.6. The van der Waals surface area contributed by atoms with E-state index in [4.69, 9.17) is 10.5 Å². The van der Waals surface area contributed by atoms with E-state index in [0.717, 1.165) is 16.3 Å². The van der Waals surface area contributed by atoms with E-state index >= 15 is 0 Å². The van der Waals surface area contributed by atoms with Crippen molar-refractivity contribution in [3.05, 3.63) is 47.7 Å². The average molecular weight is 385 g/mol. The van der Waals surface area contributed by atoms with Gasteiger partial charge in [0, 0.05) is 11.6 Å². The Balaban J connectivity index is 1.64. The molecule has 2 aromatic heterocycles. The van der Waals surface area contributed by atoms with Crippen LogP contribution in [0.1, 0.15) is 12.6 Å². The van der Waals surface area contributed by atoms with Crippen molar-refractivity contribution in [3.63, 3.8) is 0 Å². The Hall–Kier alpha value is -3.20. The number of rotatable bonds is 8. The molecule has 3 N–H and O–H groups in total. The molecule has 0 aliphatic heterocycles. The standard InChI is InChI=1S/C18H19N5O3S/c1-2-26-15-6-4-3-5-14(15)18-22-12(11-27-18)7-17(25)21-13-8-20-23(9-13)10-16(19)24/h3-6,8-9,11H,2,7,10H2,1H3,(H2,19,24)(H,21,25). The Kier molecular flexibility index (Phi) is 5.82. The maximum absolute atomic E-state index is 12.2. The summed E-state index contributed by atoms with van der Waals surface area (Å²) in [6.45, 7) is 2.46. The van der Waals surface area contributed by atoms with E-state index in [-0.39, 0.29) is 18.9 Å². The van der Waals surface area contributed by atoms with Gasteiger partial charge in [0.05, 0.1) is 36.2 Å². The van der Waals surface area contributed by atoms with Gasteiger partial charge in [-0.2, -0.15) is 5.10 Å². The first-order chi connectivity index (χ1) is 13.0. The third kappa shape index (κ3) is 4.91. The fourth-order valence-corrected chi connectivity index (χ4v) is 3.33. The molecule has 0 unspecified atom stereocenters. The maximum atomic E-state index is 12.2. The number of amides is 2. The number of nitrogens with two attached hydrogens (primary N) is 1. The summed E-state index contributed by atoms with van der Waals surface area (Å²) in [6, 6.07) is 7.68.